The summed E-state index contributed by atoms with van der Waals surface area (Å²) in [6.07, 6.45) is 1.46. The van der Waals surface area contributed by atoms with Gasteiger partial charge in [-0.2, -0.15) is 0 Å². The number of rotatable bonds is 1. The SMILES string of the molecule is CC1COCCC1OI. The Hall–Kier alpha value is 0.650. The smallest absolute Gasteiger partial charge is 0.110 e. The van der Waals surface area contributed by atoms with E-state index < -0.39 is 0 Å². The molecular weight excluding hydrogens is 231 g/mol. The second-order valence-corrected chi connectivity index (χ2v) is 2.98. The van der Waals surface area contributed by atoms with E-state index in [9.17, 15) is 0 Å². The van der Waals surface area contributed by atoms with Crippen molar-refractivity contribution in [1.82, 2.24) is 0 Å². The van der Waals surface area contributed by atoms with Crippen LogP contribution in [0.5, 0.6) is 0 Å². The molecule has 2 atom stereocenters. The molecule has 1 fully saturated rings. The number of hydrogen-bond acceptors (Lipinski definition) is 2. The maximum Gasteiger partial charge on any atom is 0.110 e. The monoisotopic (exact) mass is 242 g/mol. The van der Waals surface area contributed by atoms with Crippen LogP contribution < -0.4 is 0 Å². The minimum Gasteiger partial charge on any atom is -0.381 e. The Labute approximate surface area is 69.6 Å². The summed E-state index contributed by atoms with van der Waals surface area (Å²) in [5.41, 5.74) is 0. The Kier molecular flexibility index (Phi) is 3.21. The van der Waals surface area contributed by atoms with Gasteiger partial charge >= 0.3 is 0 Å². The van der Waals surface area contributed by atoms with Gasteiger partial charge < -0.3 is 7.80 Å². The summed E-state index contributed by atoms with van der Waals surface area (Å²) in [6.45, 7) is 3.87. The molecule has 0 aromatic rings. The number of ether oxygens (including phenoxy) is 1. The van der Waals surface area contributed by atoms with Gasteiger partial charge in [-0.25, -0.2) is 0 Å². The van der Waals surface area contributed by atoms with E-state index in [1.165, 1.54) is 0 Å². The quantitative estimate of drug-likeness (QED) is 0.652. The highest BCUT2D eigenvalue weighted by molar-refractivity contribution is 14.1. The van der Waals surface area contributed by atoms with Gasteiger partial charge in [0.1, 0.15) is 23.0 Å². The summed E-state index contributed by atoms with van der Waals surface area (Å²) in [5.74, 6) is 0.565. The first kappa shape index (κ1) is 7.75. The van der Waals surface area contributed by atoms with Crippen LogP contribution in [0.3, 0.4) is 0 Å². The van der Waals surface area contributed by atoms with Crippen LogP contribution in [0, 0.1) is 5.92 Å². The van der Waals surface area contributed by atoms with Crippen LogP contribution in [-0.2, 0) is 7.80 Å². The summed E-state index contributed by atoms with van der Waals surface area (Å²) in [6, 6.07) is 0. The van der Waals surface area contributed by atoms with Gasteiger partial charge in [-0.3, -0.25) is 0 Å². The zero-order chi connectivity index (χ0) is 6.69. The molecule has 3 heteroatoms. The van der Waals surface area contributed by atoms with Crippen molar-refractivity contribution in [3.8, 4) is 0 Å². The van der Waals surface area contributed by atoms with Crippen molar-refractivity contribution < 1.29 is 7.80 Å². The standard InChI is InChI=1S/C6H11IO2/c1-5-4-8-3-2-6(5)9-7/h5-6H,2-4H2,1H3. The highest BCUT2D eigenvalue weighted by atomic mass is 127. The lowest BCUT2D eigenvalue weighted by atomic mass is 10.0. The van der Waals surface area contributed by atoms with Crippen LogP contribution in [0.25, 0.3) is 0 Å². The molecule has 0 spiro atoms. The normalized spacial score (nSPS) is 36.7. The van der Waals surface area contributed by atoms with E-state index >= 15 is 0 Å². The second kappa shape index (κ2) is 3.73. The molecule has 1 aliphatic rings. The molecule has 1 aliphatic heterocycles. The maximum absolute atomic E-state index is 5.23. The molecule has 54 valence electrons. The summed E-state index contributed by atoms with van der Waals surface area (Å²) >= 11 is 1.97. The van der Waals surface area contributed by atoms with Crippen LogP contribution >= 0.6 is 23.0 Å². The molecule has 0 aliphatic carbocycles. The van der Waals surface area contributed by atoms with Gasteiger partial charge in [0.25, 0.3) is 0 Å². The van der Waals surface area contributed by atoms with E-state index in [2.05, 4.69) is 6.92 Å². The van der Waals surface area contributed by atoms with E-state index in [1.54, 1.807) is 0 Å². The van der Waals surface area contributed by atoms with E-state index in [0.717, 1.165) is 19.6 Å². The zero-order valence-electron chi connectivity index (χ0n) is 5.47. The molecule has 0 radical (unpaired) electrons. The highest BCUT2D eigenvalue weighted by Gasteiger charge is 2.21. The average Bonchev–Trinajstić information content (AvgIpc) is 1.89. The lowest BCUT2D eigenvalue weighted by Crippen LogP contribution is -2.29. The molecule has 2 nitrogen and oxygen atoms in total. The summed E-state index contributed by atoms with van der Waals surface area (Å²) < 4.78 is 10.4. The number of hydrogen-bond donors (Lipinski definition) is 0. The second-order valence-electron chi connectivity index (χ2n) is 2.47. The van der Waals surface area contributed by atoms with Crippen molar-refractivity contribution in [2.24, 2.45) is 5.92 Å². The molecule has 0 N–H and O–H groups in total. The fraction of sp³-hybridized carbons (Fsp3) is 1.00. The van der Waals surface area contributed by atoms with Crippen LogP contribution in [-0.4, -0.2) is 19.3 Å². The minimum absolute atomic E-state index is 0.416. The summed E-state index contributed by atoms with van der Waals surface area (Å²) in [4.78, 5) is 0. The molecule has 0 saturated carbocycles. The Bertz CT molecular complexity index is 87.1. The van der Waals surface area contributed by atoms with Gasteiger partial charge in [0.15, 0.2) is 0 Å². The van der Waals surface area contributed by atoms with Crippen molar-refractivity contribution in [2.45, 2.75) is 19.4 Å². The molecule has 0 bridgehead atoms. The van der Waals surface area contributed by atoms with E-state index in [-0.39, 0.29) is 0 Å². The molecule has 2 unspecified atom stereocenters. The Balaban J connectivity index is 2.30. The Morgan fingerprint density at radius 1 is 1.67 bits per heavy atom. The molecule has 1 saturated heterocycles. The predicted octanol–water partition coefficient (Wildman–Crippen LogP) is 1.78. The molecule has 0 aromatic carbocycles. The predicted molar refractivity (Wildman–Crippen MR) is 43.5 cm³/mol. The van der Waals surface area contributed by atoms with Crippen molar-refractivity contribution in [3.05, 3.63) is 0 Å². The first-order valence-electron chi connectivity index (χ1n) is 3.19. The van der Waals surface area contributed by atoms with Gasteiger partial charge in [0.2, 0.25) is 0 Å². The fourth-order valence-corrected chi connectivity index (χ4v) is 1.75. The van der Waals surface area contributed by atoms with Crippen molar-refractivity contribution in [3.63, 3.8) is 0 Å². The van der Waals surface area contributed by atoms with E-state index in [1.807, 2.05) is 23.0 Å². The van der Waals surface area contributed by atoms with Gasteiger partial charge in [0.05, 0.1) is 12.7 Å². The van der Waals surface area contributed by atoms with Gasteiger partial charge in [-0.15, -0.1) is 0 Å². The lowest BCUT2D eigenvalue weighted by molar-refractivity contribution is -0.0000809. The molecule has 0 aromatic heterocycles. The van der Waals surface area contributed by atoms with Gasteiger partial charge in [-0.1, -0.05) is 6.92 Å². The molecule has 1 heterocycles. The fourth-order valence-electron chi connectivity index (χ4n) is 0.993. The topological polar surface area (TPSA) is 18.5 Å². The van der Waals surface area contributed by atoms with Crippen molar-refractivity contribution >= 4 is 23.0 Å². The minimum atomic E-state index is 0.416. The first-order chi connectivity index (χ1) is 4.34. The van der Waals surface area contributed by atoms with Gasteiger partial charge in [0, 0.05) is 12.5 Å². The molecule has 1 rings (SSSR count). The molecule has 9 heavy (non-hydrogen) atoms. The van der Waals surface area contributed by atoms with Gasteiger partial charge in [-0.05, 0) is 6.42 Å². The van der Waals surface area contributed by atoms with Crippen LogP contribution in [0.2, 0.25) is 0 Å². The molecular formula is C6H11IO2. The summed E-state index contributed by atoms with van der Waals surface area (Å²) in [5, 5.41) is 0. The third-order valence-electron chi connectivity index (χ3n) is 1.68. The highest BCUT2D eigenvalue weighted by Crippen LogP contribution is 2.18. The first-order valence-corrected chi connectivity index (χ1v) is 4.08. The third-order valence-corrected chi connectivity index (χ3v) is 2.33. The van der Waals surface area contributed by atoms with Crippen molar-refractivity contribution in [2.75, 3.05) is 13.2 Å². The Morgan fingerprint density at radius 2 is 2.44 bits per heavy atom. The van der Waals surface area contributed by atoms with Crippen molar-refractivity contribution in [1.29, 1.82) is 0 Å². The average molecular weight is 242 g/mol. The zero-order valence-corrected chi connectivity index (χ0v) is 7.63. The van der Waals surface area contributed by atoms with Crippen LogP contribution in [0.15, 0.2) is 0 Å². The third kappa shape index (κ3) is 2.05. The van der Waals surface area contributed by atoms with Crippen LogP contribution in [0.4, 0.5) is 0 Å². The van der Waals surface area contributed by atoms with Crippen LogP contribution in [0.1, 0.15) is 13.3 Å². The van der Waals surface area contributed by atoms with E-state index in [4.69, 9.17) is 7.80 Å². The number of halogens is 1. The van der Waals surface area contributed by atoms with E-state index in [0.29, 0.717) is 12.0 Å². The molecule has 0 amide bonds. The largest absolute Gasteiger partial charge is 0.381 e. The summed E-state index contributed by atoms with van der Waals surface area (Å²) in [7, 11) is 0. The Morgan fingerprint density at radius 3 is 2.89 bits per heavy atom. The maximum atomic E-state index is 5.23. The lowest BCUT2D eigenvalue weighted by Gasteiger charge is -2.25.